The maximum atomic E-state index is 12.7. The van der Waals surface area contributed by atoms with E-state index in [1.807, 2.05) is 28.8 Å². The minimum absolute atomic E-state index is 0.261. The number of pyridine rings is 1. The third-order valence-electron chi connectivity index (χ3n) is 4.71. The number of rotatable bonds is 7. The molecule has 0 aliphatic rings. The molecule has 162 valence electrons. The maximum absolute atomic E-state index is 12.7. The minimum Gasteiger partial charge on any atom is -0.493 e. The number of anilines is 1. The summed E-state index contributed by atoms with van der Waals surface area (Å²) in [7, 11) is 2.72. The van der Waals surface area contributed by atoms with E-state index in [9.17, 15) is 9.59 Å². The Bertz CT molecular complexity index is 1270. The van der Waals surface area contributed by atoms with Crippen LogP contribution in [0.25, 0.3) is 16.9 Å². The molecule has 2 aromatic heterocycles. The van der Waals surface area contributed by atoms with Crippen LogP contribution in [-0.2, 0) is 9.53 Å². The Morgan fingerprint density at radius 2 is 1.84 bits per heavy atom. The van der Waals surface area contributed by atoms with Gasteiger partial charge < -0.3 is 19.5 Å². The van der Waals surface area contributed by atoms with Crippen molar-refractivity contribution in [3.05, 3.63) is 72.7 Å². The lowest BCUT2D eigenvalue weighted by Gasteiger charge is -2.12. The van der Waals surface area contributed by atoms with E-state index in [0.717, 1.165) is 11.0 Å². The number of hydrogen-bond donors (Lipinski definition) is 1. The van der Waals surface area contributed by atoms with Crippen LogP contribution in [0.3, 0.4) is 0 Å². The molecule has 0 bridgehead atoms. The molecule has 1 amide bonds. The minimum atomic E-state index is -0.520. The van der Waals surface area contributed by atoms with Crippen molar-refractivity contribution in [2.24, 2.45) is 0 Å². The number of carbonyl (C=O) groups excluding carboxylic acids is 2. The van der Waals surface area contributed by atoms with Gasteiger partial charge in [-0.2, -0.15) is 0 Å². The predicted octanol–water partition coefficient (Wildman–Crippen LogP) is 3.23. The first-order valence-electron chi connectivity index (χ1n) is 9.66. The largest absolute Gasteiger partial charge is 0.493 e. The molecule has 32 heavy (non-hydrogen) atoms. The van der Waals surface area contributed by atoms with Crippen molar-refractivity contribution in [3.63, 3.8) is 0 Å². The smallest absolute Gasteiger partial charge is 0.343 e. The average Bonchev–Trinajstić information content (AvgIpc) is 3.27. The van der Waals surface area contributed by atoms with Crippen LogP contribution in [0.4, 0.5) is 5.69 Å². The molecule has 9 nitrogen and oxygen atoms in total. The van der Waals surface area contributed by atoms with Crippen LogP contribution in [0.15, 0.2) is 67.1 Å². The molecule has 2 heterocycles. The van der Waals surface area contributed by atoms with Gasteiger partial charge in [0.15, 0.2) is 18.1 Å². The van der Waals surface area contributed by atoms with Gasteiger partial charge in [-0.25, -0.2) is 14.8 Å². The Labute approximate surface area is 183 Å². The first-order valence-corrected chi connectivity index (χ1v) is 9.66. The zero-order valence-electron chi connectivity index (χ0n) is 17.4. The third kappa shape index (κ3) is 4.36. The number of amides is 1. The van der Waals surface area contributed by atoms with E-state index < -0.39 is 5.97 Å². The van der Waals surface area contributed by atoms with E-state index in [1.54, 1.807) is 36.8 Å². The number of benzene rings is 2. The Kier molecular flexibility index (Phi) is 5.98. The molecule has 0 saturated carbocycles. The summed E-state index contributed by atoms with van der Waals surface area (Å²) in [5.74, 6) is 0.472. The molecule has 4 aromatic rings. The monoisotopic (exact) mass is 432 g/mol. The number of fused-ring (bicyclic) bond motifs is 1. The van der Waals surface area contributed by atoms with E-state index in [4.69, 9.17) is 9.47 Å². The second-order valence-electron chi connectivity index (χ2n) is 6.69. The van der Waals surface area contributed by atoms with E-state index in [-0.39, 0.29) is 12.5 Å². The van der Waals surface area contributed by atoms with Gasteiger partial charge in [-0.3, -0.25) is 9.36 Å². The molecule has 0 radical (unpaired) electrons. The SMILES string of the molecule is COC(=O)COc1ccc(C(=O)Nc2ccc(-n3cnc4ccccc43)nc2)cc1OC. The number of imidazole rings is 1. The van der Waals surface area contributed by atoms with Crippen LogP contribution < -0.4 is 14.8 Å². The molecule has 0 aliphatic heterocycles. The fourth-order valence-electron chi connectivity index (χ4n) is 3.07. The second-order valence-corrected chi connectivity index (χ2v) is 6.69. The summed E-state index contributed by atoms with van der Waals surface area (Å²) in [4.78, 5) is 32.7. The summed E-state index contributed by atoms with van der Waals surface area (Å²) in [5.41, 5.74) is 2.71. The number of methoxy groups -OCH3 is 2. The van der Waals surface area contributed by atoms with Gasteiger partial charge in [-0.1, -0.05) is 12.1 Å². The molecule has 0 spiro atoms. The van der Waals surface area contributed by atoms with Gasteiger partial charge in [-0.15, -0.1) is 0 Å². The number of para-hydroxylation sites is 2. The highest BCUT2D eigenvalue weighted by molar-refractivity contribution is 6.04. The highest BCUT2D eigenvalue weighted by atomic mass is 16.6. The standard InChI is InChI=1S/C23H20N4O5/c1-30-20-11-15(7-9-19(20)32-13-22(28)31-2)23(29)26-16-8-10-21(24-12-16)27-14-25-17-5-3-4-6-18(17)27/h3-12,14H,13H2,1-2H3,(H,26,29). The van der Waals surface area contributed by atoms with Crippen molar-refractivity contribution in [2.75, 3.05) is 26.1 Å². The molecule has 4 rings (SSSR count). The van der Waals surface area contributed by atoms with Crippen molar-refractivity contribution < 1.29 is 23.8 Å². The Morgan fingerprint density at radius 1 is 1.00 bits per heavy atom. The molecule has 1 N–H and O–H groups in total. The number of nitrogens with one attached hydrogen (secondary N) is 1. The first kappa shape index (κ1) is 20.9. The average molecular weight is 432 g/mol. The lowest BCUT2D eigenvalue weighted by molar-refractivity contribution is -0.142. The molecule has 0 atom stereocenters. The van der Waals surface area contributed by atoms with Gasteiger partial charge in [-0.05, 0) is 42.5 Å². The number of ether oxygens (including phenoxy) is 3. The highest BCUT2D eigenvalue weighted by Crippen LogP contribution is 2.28. The molecule has 2 aromatic carbocycles. The van der Waals surface area contributed by atoms with Gasteiger partial charge in [0.05, 0.1) is 37.1 Å². The van der Waals surface area contributed by atoms with Crippen molar-refractivity contribution in [2.45, 2.75) is 0 Å². The summed E-state index contributed by atoms with van der Waals surface area (Å²) in [6, 6.07) is 16.0. The first-order chi connectivity index (χ1) is 15.6. The molecule has 9 heteroatoms. The second kappa shape index (κ2) is 9.17. The van der Waals surface area contributed by atoms with Crippen molar-refractivity contribution >= 4 is 28.6 Å². The van der Waals surface area contributed by atoms with E-state index in [2.05, 4.69) is 20.0 Å². The number of aromatic nitrogens is 3. The Balaban J connectivity index is 1.47. The zero-order valence-corrected chi connectivity index (χ0v) is 17.4. The Morgan fingerprint density at radius 3 is 2.59 bits per heavy atom. The van der Waals surface area contributed by atoms with Crippen molar-refractivity contribution in [1.29, 1.82) is 0 Å². The van der Waals surface area contributed by atoms with Crippen LogP contribution in [0, 0.1) is 0 Å². The lowest BCUT2D eigenvalue weighted by Crippen LogP contribution is -2.14. The quantitative estimate of drug-likeness (QED) is 0.447. The summed E-state index contributed by atoms with van der Waals surface area (Å²) in [6.07, 6.45) is 3.29. The summed E-state index contributed by atoms with van der Waals surface area (Å²) < 4.78 is 17.1. The molecular formula is C23H20N4O5. The van der Waals surface area contributed by atoms with Gasteiger partial charge in [0.1, 0.15) is 12.1 Å². The normalized spacial score (nSPS) is 10.6. The van der Waals surface area contributed by atoms with E-state index >= 15 is 0 Å². The highest BCUT2D eigenvalue weighted by Gasteiger charge is 2.13. The lowest BCUT2D eigenvalue weighted by atomic mass is 10.2. The van der Waals surface area contributed by atoms with Gasteiger partial charge in [0.25, 0.3) is 5.91 Å². The van der Waals surface area contributed by atoms with Crippen molar-refractivity contribution in [1.82, 2.24) is 14.5 Å². The van der Waals surface area contributed by atoms with Gasteiger partial charge >= 0.3 is 5.97 Å². The molecule has 0 unspecified atom stereocenters. The van der Waals surface area contributed by atoms with Crippen LogP contribution in [0.2, 0.25) is 0 Å². The summed E-state index contributed by atoms with van der Waals surface area (Å²) in [6.45, 7) is -0.261. The van der Waals surface area contributed by atoms with Crippen molar-refractivity contribution in [3.8, 4) is 17.3 Å². The molecular weight excluding hydrogens is 412 g/mol. The van der Waals surface area contributed by atoms with Gasteiger partial charge in [0.2, 0.25) is 0 Å². The fraction of sp³-hybridized carbons (Fsp3) is 0.130. The summed E-state index contributed by atoms with van der Waals surface area (Å²) in [5, 5.41) is 2.80. The fourth-order valence-corrected chi connectivity index (χ4v) is 3.07. The topological polar surface area (TPSA) is 105 Å². The van der Waals surface area contributed by atoms with Crippen LogP contribution in [0.5, 0.6) is 11.5 Å². The van der Waals surface area contributed by atoms with E-state index in [1.165, 1.54) is 20.3 Å². The molecule has 0 saturated heterocycles. The van der Waals surface area contributed by atoms with Crippen LogP contribution in [0.1, 0.15) is 10.4 Å². The van der Waals surface area contributed by atoms with Crippen LogP contribution in [-0.4, -0.2) is 47.2 Å². The summed E-state index contributed by atoms with van der Waals surface area (Å²) >= 11 is 0. The third-order valence-corrected chi connectivity index (χ3v) is 4.71. The Hall–Kier alpha value is -4.40. The molecule has 0 fully saturated rings. The molecule has 0 aliphatic carbocycles. The predicted molar refractivity (Wildman–Crippen MR) is 117 cm³/mol. The number of carbonyl (C=O) groups is 2. The van der Waals surface area contributed by atoms with Gasteiger partial charge in [0, 0.05) is 5.56 Å². The maximum Gasteiger partial charge on any atom is 0.343 e. The van der Waals surface area contributed by atoms with Crippen LogP contribution >= 0.6 is 0 Å². The number of esters is 1. The number of hydrogen-bond acceptors (Lipinski definition) is 7. The number of nitrogens with zero attached hydrogens (tertiary/aromatic N) is 3. The van der Waals surface area contributed by atoms with E-state index in [0.29, 0.717) is 28.6 Å². The zero-order chi connectivity index (χ0) is 22.5.